The first-order valence-electron chi connectivity index (χ1n) is 7.46. The van der Waals surface area contributed by atoms with Crippen LogP contribution in [0, 0.1) is 18.3 Å². The molecule has 1 heterocycles. The number of rotatable bonds is 6. The average molecular weight is 312 g/mol. The van der Waals surface area contributed by atoms with Gasteiger partial charge in [-0.1, -0.05) is 0 Å². The number of nitriles is 1. The van der Waals surface area contributed by atoms with Gasteiger partial charge in [0.05, 0.1) is 23.9 Å². The van der Waals surface area contributed by atoms with Crippen molar-refractivity contribution in [3.05, 3.63) is 47.3 Å². The molecule has 0 saturated heterocycles. The fourth-order valence-corrected chi connectivity index (χ4v) is 2.34. The number of methoxy groups -OCH3 is 1. The summed E-state index contributed by atoms with van der Waals surface area (Å²) in [5, 5.41) is 13.2. The fraction of sp³-hybridized carbons (Fsp3) is 0.353. The first-order valence-corrected chi connectivity index (χ1v) is 7.46. The maximum Gasteiger partial charge on any atom is 0.276 e. The summed E-state index contributed by atoms with van der Waals surface area (Å²) in [6, 6.07) is 10.8. The van der Waals surface area contributed by atoms with E-state index in [1.165, 1.54) is 0 Å². The lowest BCUT2D eigenvalue weighted by Crippen LogP contribution is -2.35. The number of hydrogen-bond donors (Lipinski definition) is 0. The number of carbonyl (C=O) groups excluding carboxylic acids is 1. The molecule has 120 valence electrons. The van der Waals surface area contributed by atoms with Crippen molar-refractivity contribution in [2.75, 3.05) is 25.2 Å². The van der Waals surface area contributed by atoms with E-state index in [2.05, 4.69) is 11.2 Å². The molecule has 0 radical (unpaired) electrons. The monoisotopic (exact) mass is 312 g/mol. The molecule has 6 heteroatoms. The molecule has 0 bridgehead atoms. The Labute approximate surface area is 135 Å². The second-order valence-corrected chi connectivity index (χ2v) is 5.09. The van der Waals surface area contributed by atoms with Crippen molar-refractivity contribution in [2.24, 2.45) is 0 Å². The molecule has 1 aromatic carbocycles. The van der Waals surface area contributed by atoms with Crippen LogP contribution in [0.2, 0.25) is 0 Å². The Hall–Kier alpha value is -2.65. The number of amides is 1. The van der Waals surface area contributed by atoms with Gasteiger partial charge in [-0.3, -0.25) is 9.48 Å². The number of anilines is 1. The lowest BCUT2D eigenvalue weighted by atomic mass is 10.2. The molecule has 0 atom stereocenters. The molecule has 0 saturated carbocycles. The third-order valence-corrected chi connectivity index (χ3v) is 3.49. The fourth-order valence-electron chi connectivity index (χ4n) is 2.34. The molecule has 2 rings (SSSR count). The van der Waals surface area contributed by atoms with Crippen LogP contribution in [-0.2, 0) is 11.3 Å². The molecular weight excluding hydrogens is 292 g/mol. The predicted molar refractivity (Wildman–Crippen MR) is 87.3 cm³/mol. The summed E-state index contributed by atoms with van der Waals surface area (Å²) >= 11 is 0. The van der Waals surface area contributed by atoms with Crippen LogP contribution in [0.15, 0.2) is 30.3 Å². The third kappa shape index (κ3) is 3.76. The third-order valence-electron chi connectivity index (χ3n) is 3.49. The molecule has 0 spiro atoms. The summed E-state index contributed by atoms with van der Waals surface area (Å²) in [6.07, 6.45) is 0. The molecule has 0 aliphatic heterocycles. The van der Waals surface area contributed by atoms with Crippen molar-refractivity contribution in [1.82, 2.24) is 9.78 Å². The summed E-state index contributed by atoms with van der Waals surface area (Å²) in [7, 11) is 1.60. The molecule has 1 aromatic heterocycles. The maximum atomic E-state index is 12.9. The van der Waals surface area contributed by atoms with E-state index in [4.69, 9.17) is 10.00 Å². The lowest BCUT2D eigenvalue weighted by Gasteiger charge is -2.22. The van der Waals surface area contributed by atoms with Gasteiger partial charge in [0.1, 0.15) is 5.69 Å². The molecule has 0 aliphatic rings. The number of aryl methyl sites for hydroxylation is 2. The lowest BCUT2D eigenvalue weighted by molar-refractivity contribution is 0.0965. The van der Waals surface area contributed by atoms with Crippen molar-refractivity contribution < 1.29 is 9.53 Å². The van der Waals surface area contributed by atoms with Crippen LogP contribution >= 0.6 is 0 Å². The van der Waals surface area contributed by atoms with Crippen LogP contribution < -0.4 is 4.90 Å². The number of ether oxygens (including phenoxy) is 1. The molecule has 0 N–H and O–H groups in total. The Bertz CT molecular complexity index is 713. The van der Waals surface area contributed by atoms with E-state index in [1.54, 1.807) is 47.0 Å². The van der Waals surface area contributed by atoms with Gasteiger partial charge in [0.25, 0.3) is 5.91 Å². The van der Waals surface area contributed by atoms with Gasteiger partial charge in [-0.25, -0.2) is 0 Å². The maximum absolute atomic E-state index is 12.9. The van der Waals surface area contributed by atoms with Gasteiger partial charge >= 0.3 is 0 Å². The van der Waals surface area contributed by atoms with Gasteiger partial charge in [-0.15, -0.1) is 0 Å². The van der Waals surface area contributed by atoms with Crippen LogP contribution in [0.3, 0.4) is 0 Å². The van der Waals surface area contributed by atoms with Crippen molar-refractivity contribution in [2.45, 2.75) is 20.4 Å². The standard InChI is InChI=1S/C17H20N4O2/c1-4-21-16(11-13(2)19-21)17(22)20(9-10-23-3)15-7-5-14(12-18)6-8-15/h5-8,11H,4,9-10H2,1-3H3. The normalized spacial score (nSPS) is 10.3. The Morgan fingerprint density at radius 3 is 2.65 bits per heavy atom. The molecule has 2 aromatic rings. The molecule has 6 nitrogen and oxygen atoms in total. The molecule has 1 amide bonds. The summed E-state index contributed by atoms with van der Waals surface area (Å²) in [5.41, 5.74) is 2.64. The number of carbonyl (C=O) groups is 1. The first-order chi connectivity index (χ1) is 11.1. The molecule has 0 aliphatic carbocycles. The number of hydrogen-bond acceptors (Lipinski definition) is 4. The zero-order chi connectivity index (χ0) is 16.8. The molecule has 23 heavy (non-hydrogen) atoms. The van der Waals surface area contributed by atoms with E-state index in [0.29, 0.717) is 31.0 Å². The second-order valence-electron chi connectivity index (χ2n) is 5.09. The average Bonchev–Trinajstić information content (AvgIpc) is 2.96. The number of benzene rings is 1. The van der Waals surface area contributed by atoms with Gasteiger partial charge < -0.3 is 9.64 Å². The van der Waals surface area contributed by atoms with E-state index < -0.39 is 0 Å². The van der Waals surface area contributed by atoms with Crippen molar-refractivity contribution in [1.29, 1.82) is 5.26 Å². The Morgan fingerprint density at radius 2 is 2.09 bits per heavy atom. The minimum absolute atomic E-state index is 0.130. The SMILES string of the molecule is CCn1nc(C)cc1C(=O)N(CCOC)c1ccc(C#N)cc1. The number of aromatic nitrogens is 2. The van der Waals surface area contributed by atoms with Crippen LogP contribution in [-0.4, -0.2) is 35.9 Å². The highest BCUT2D eigenvalue weighted by molar-refractivity contribution is 6.05. The Morgan fingerprint density at radius 1 is 1.39 bits per heavy atom. The quantitative estimate of drug-likeness (QED) is 0.821. The van der Waals surface area contributed by atoms with Gasteiger partial charge in [0, 0.05) is 25.9 Å². The summed E-state index contributed by atoms with van der Waals surface area (Å²) < 4.78 is 6.81. The largest absolute Gasteiger partial charge is 0.383 e. The second kappa shape index (κ2) is 7.56. The van der Waals surface area contributed by atoms with Crippen LogP contribution in [0.25, 0.3) is 0 Å². The van der Waals surface area contributed by atoms with E-state index in [-0.39, 0.29) is 5.91 Å². The van der Waals surface area contributed by atoms with Crippen molar-refractivity contribution >= 4 is 11.6 Å². The highest BCUT2D eigenvalue weighted by Crippen LogP contribution is 2.18. The Balaban J connectivity index is 2.36. The van der Waals surface area contributed by atoms with E-state index in [0.717, 1.165) is 11.4 Å². The minimum atomic E-state index is -0.130. The van der Waals surface area contributed by atoms with Crippen molar-refractivity contribution in [3.63, 3.8) is 0 Å². The summed E-state index contributed by atoms with van der Waals surface area (Å²) in [6.45, 7) is 5.29. The van der Waals surface area contributed by atoms with Gasteiger partial charge in [-0.2, -0.15) is 10.4 Å². The van der Waals surface area contributed by atoms with Crippen LogP contribution in [0.1, 0.15) is 28.7 Å². The van der Waals surface area contributed by atoms with E-state index in [9.17, 15) is 4.79 Å². The highest BCUT2D eigenvalue weighted by atomic mass is 16.5. The minimum Gasteiger partial charge on any atom is -0.383 e. The zero-order valence-electron chi connectivity index (χ0n) is 13.6. The Kier molecular flexibility index (Phi) is 5.50. The van der Waals surface area contributed by atoms with E-state index in [1.807, 2.05) is 13.8 Å². The summed E-state index contributed by atoms with van der Waals surface area (Å²) in [5.74, 6) is -0.130. The molecular formula is C17H20N4O2. The van der Waals surface area contributed by atoms with Crippen molar-refractivity contribution in [3.8, 4) is 6.07 Å². The topological polar surface area (TPSA) is 71.2 Å². The van der Waals surface area contributed by atoms with Gasteiger partial charge in [-0.05, 0) is 44.2 Å². The van der Waals surface area contributed by atoms with E-state index >= 15 is 0 Å². The van der Waals surface area contributed by atoms with Crippen LogP contribution in [0.5, 0.6) is 0 Å². The number of nitrogens with zero attached hydrogens (tertiary/aromatic N) is 4. The van der Waals surface area contributed by atoms with Crippen LogP contribution in [0.4, 0.5) is 5.69 Å². The smallest absolute Gasteiger partial charge is 0.276 e. The van der Waals surface area contributed by atoms with Gasteiger partial charge in [0.2, 0.25) is 0 Å². The highest BCUT2D eigenvalue weighted by Gasteiger charge is 2.21. The molecule has 0 unspecified atom stereocenters. The molecule has 0 fully saturated rings. The summed E-state index contributed by atoms with van der Waals surface area (Å²) in [4.78, 5) is 14.6. The zero-order valence-corrected chi connectivity index (χ0v) is 13.6. The predicted octanol–water partition coefficient (Wildman–Crippen LogP) is 2.38. The van der Waals surface area contributed by atoms with Gasteiger partial charge in [0.15, 0.2) is 0 Å². The first kappa shape index (κ1) is 16.7.